The molecule has 0 atom stereocenters. The molecule has 2 N–H and O–H groups in total. The van der Waals surface area contributed by atoms with Crippen molar-refractivity contribution >= 4 is 17.5 Å². The molecule has 0 aliphatic heterocycles. The number of nitrogen functional groups attached to an aromatic ring is 1. The number of nitrogens with two attached hydrogens (primary N) is 1. The van der Waals surface area contributed by atoms with Gasteiger partial charge >= 0.3 is 6.01 Å². The molecule has 0 amide bonds. The molecule has 2 aromatic heterocycles. The van der Waals surface area contributed by atoms with Crippen molar-refractivity contribution in [2.75, 3.05) is 5.73 Å². The van der Waals surface area contributed by atoms with Gasteiger partial charge in [-0.1, -0.05) is 23.7 Å². The van der Waals surface area contributed by atoms with Gasteiger partial charge in [0.25, 0.3) is 5.95 Å². The molecular formula is C12H9ClN6O. The summed E-state index contributed by atoms with van der Waals surface area (Å²) in [4.78, 5) is 12.0. The first kappa shape index (κ1) is 12.4. The van der Waals surface area contributed by atoms with E-state index < -0.39 is 0 Å². The number of ether oxygens (including phenoxy) is 1. The number of halogens is 1. The third-order valence-electron chi connectivity index (χ3n) is 2.37. The van der Waals surface area contributed by atoms with Gasteiger partial charge in [-0.25, -0.2) is 4.68 Å². The molecule has 0 aliphatic carbocycles. The predicted octanol–water partition coefficient (Wildman–Crippen LogP) is 2.09. The van der Waals surface area contributed by atoms with Crippen molar-refractivity contribution < 1.29 is 4.74 Å². The van der Waals surface area contributed by atoms with Crippen LogP contribution in [0.15, 0.2) is 42.7 Å². The van der Waals surface area contributed by atoms with Gasteiger partial charge in [0.05, 0.1) is 5.02 Å². The molecule has 0 fully saturated rings. The number of hydrogen-bond donors (Lipinski definition) is 1. The van der Waals surface area contributed by atoms with E-state index in [9.17, 15) is 0 Å². The van der Waals surface area contributed by atoms with Crippen LogP contribution in [0.4, 0.5) is 5.95 Å². The highest BCUT2D eigenvalue weighted by Gasteiger charge is 2.10. The first-order valence-electron chi connectivity index (χ1n) is 5.66. The normalized spacial score (nSPS) is 10.4. The van der Waals surface area contributed by atoms with E-state index in [1.807, 2.05) is 0 Å². The van der Waals surface area contributed by atoms with Crippen LogP contribution in [0.2, 0.25) is 5.02 Å². The smallest absolute Gasteiger partial charge is 0.328 e. The lowest BCUT2D eigenvalue weighted by Crippen LogP contribution is -2.07. The summed E-state index contributed by atoms with van der Waals surface area (Å²) in [6, 6.07) is 8.79. The Balaban J connectivity index is 1.97. The zero-order valence-electron chi connectivity index (χ0n) is 10.1. The fraction of sp³-hybridized carbons (Fsp3) is 0. The van der Waals surface area contributed by atoms with Crippen LogP contribution in [0.1, 0.15) is 0 Å². The van der Waals surface area contributed by atoms with E-state index in [0.717, 1.165) is 0 Å². The molecule has 0 saturated carbocycles. The second-order valence-corrected chi connectivity index (χ2v) is 4.17. The molecule has 0 aliphatic rings. The number of rotatable bonds is 3. The maximum atomic E-state index is 6.01. The lowest BCUT2D eigenvalue weighted by molar-refractivity contribution is 0.439. The van der Waals surface area contributed by atoms with Crippen LogP contribution in [0.3, 0.4) is 0 Å². The highest BCUT2D eigenvalue weighted by molar-refractivity contribution is 6.32. The molecule has 8 heteroatoms. The van der Waals surface area contributed by atoms with Crippen molar-refractivity contribution in [1.82, 2.24) is 24.7 Å². The Kier molecular flexibility index (Phi) is 3.18. The van der Waals surface area contributed by atoms with E-state index in [1.54, 1.807) is 42.7 Å². The number of aromatic nitrogens is 5. The monoisotopic (exact) mass is 288 g/mol. The van der Waals surface area contributed by atoms with E-state index >= 15 is 0 Å². The van der Waals surface area contributed by atoms with Gasteiger partial charge in [-0.2, -0.15) is 20.1 Å². The molecule has 7 nitrogen and oxygen atoms in total. The minimum Gasteiger partial charge on any atom is -0.423 e. The fourth-order valence-corrected chi connectivity index (χ4v) is 1.70. The Morgan fingerprint density at radius 1 is 1.10 bits per heavy atom. The average Bonchev–Trinajstić information content (AvgIpc) is 2.95. The van der Waals surface area contributed by atoms with Crippen molar-refractivity contribution in [1.29, 1.82) is 0 Å². The van der Waals surface area contributed by atoms with Gasteiger partial charge in [0.15, 0.2) is 0 Å². The average molecular weight is 289 g/mol. The standard InChI is InChI=1S/C12H9ClN6O/c13-8-4-1-2-5-9(8)20-12-17-10(14)16-11(18-12)19-7-3-6-15-19/h1-7H,(H2,14,16,17,18). The van der Waals surface area contributed by atoms with Crippen molar-refractivity contribution in [2.45, 2.75) is 0 Å². The van der Waals surface area contributed by atoms with Gasteiger partial charge in [0, 0.05) is 12.4 Å². The molecule has 100 valence electrons. The van der Waals surface area contributed by atoms with Crippen molar-refractivity contribution in [3.8, 4) is 17.7 Å². The fourth-order valence-electron chi connectivity index (χ4n) is 1.52. The lowest BCUT2D eigenvalue weighted by Gasteiger charge is -2.07. The highest BCUT2D eigenvalue weighted by atomic mass is 35.5. The molecule has 0 spiro atoms. The summed E-state index contributed by atoms with van der Waals surface area (Å²) in [5.41, 5.74) is 5.64. The van der Waals surface area contributed by atoms with Crippen LogP contribution >= 0.6 is 11.6 Å². The summed E-state index contributed by atoms with van der Waals surface area (Å²) >= 11 is 6.01. The second-order valence-electron chi connectivity index (χ2n) is 3.76. The Morgan fingerprint density at radius 2 is 1.95 bits per heavy atom. The SMILES string of the molecule is Nc1nc(Oc2ccccc2Cl)nc(-n2cccn2)n1. The minimum atomic E-state index is 0.0348. The summed E-state index contributed by atoms with van der Waals surface area (Å²) in [6.45, 7) is 0. The van der Waals surface area contributed by atoms with Gasteiger partial charge in [-0.3, -0.25) is 0 Å². The van der Waals surface area contributed by atoms with Gasteiger partial charge < -0.3 is 10.5 Å². The molecular weight excluding hydrogens is 280 g/mol. The van der Waals surface area contributed by atoms with Crippen molar-refractivity contribution in [3.63, 3.8) is 0 Å². The topological polar surface area (TPSA) is 91.7 Å². The molecule has 0 saturated heterocycles. The molecule has 0 radical (unpaired) electrons. The molecule has 3 aromatic rings. The summed E-state index contributed by atoms with van der Waals surface area (Å²) in [5.74, 6) is 0.739. The lowest BCUT2D eigenvalue weighted by atomic mass is 10.3. The molecule has 20 heavy (non-hydrogen) atoms. The summed E-state index contributed by atoms with van der Waals surface area (Å²) in [7, 11) is 0. The molecule has 0 unspecified atom stereocenters. The number of para-hydroxylation sites is 1. The van der Waals surface area contributed by atoms with Crippen LogP contribution in [0, 0.1) is 0 Å². The van der Waals surface area contributed by atoms with Crippen LogP contribution in [-0.4, -0.2) is 24.7 Å². The summed E-state index contributed by atoms with van der Waals surface area (Å²) in [5, 5.41) is 4.47. The number of nitrogens with zero attached hydrogens (tertiary/aromatic N) is 5. The number of anilines is 1. The summed E-state index contributed by atoms with van der Waals surface area (Å²) < 4.78 is 6.97. The van der Waals surface area contributed by atoms with E-state index in [1.165, 1.54) is 4.68 Å². The molecule has 0 bridgehead atoms. The van der Waals surface area contributed by atoms with Crippen LogP contribution < -0.4 is 10.5 Å². The second kappa shape index (κ2) is 5.14. The van der Waals surface area contributed by atoms with Crippen molar-refractivity contribution in [2.24, 2.45) is 0 Å². The minimum absolute atomic E-state index is 0.0348. The van der Waals surface area contributed by atoms with E-state index in [2.05, 4.69) is 20.1 Å². The Hall–Kier alpha value is -2.67. The zero-order chi connectivity index (χ0) is 13.9. The molecule has 2 heterocycles. The zero-order valence-corrected chi connectivity index (χ0v) is 10.9. The van der Waals surface area contributed by atoms with Crippen LogP contribution in [0.25, 0.3) is 5.95 Å². The van der Waals surface area contributed by atoms with Gasteiger partial charge in [0.1, 0.15) is 5.75 Å². The quantitative estimate of drug-likeness (QED) is 0.793. The predicted molar refractivity (Wildman–Crippen MR) is 72.9 cm³/mol. The first-order chi connectivity index (χ1) is 9.72. The van der Waals surface area contributed by atoms with Crippen molar-refractivity contribution in [3.05, 3.63) is 47.7 Å². The van der Waals surface area contributed by atoms with Gasteiger partial charge in [0.2, 0.25) is 5.95 Å². The number of benzene rings is 1. The third-order valence-corrected chi connectivity index (χ3v) is 2.68. The largest absolute Gasteiger partial charge is 0.423 e. The highest BCUT2D eigenvalue weighted by Crippen LogP contribution is 2.27. The molecule has 3 rings (SSSR count). The van der Waals surface area contributed by atoms with E-state index in [-0.39, 0.29) is 17.9 Å². The summed E-state index contributed by atoms with van der Waals surface area (Å²) in [6.07, 6.45) is 3.29. The third kappa shape index (κ3) is 2.52. The maximum absolute atomic E-state index is 6.01. The van der Waals surface area contributed by atoms with E-state index in [0.29, 0.717) is 10.8 Å². The van der Waals surface area contributed by atoms with Crippen LogP contribution in [0.5, 0.6) is 11.8 Å². The Bertz CT molecular complexity index is 731. The van der Waals surface area contributed by atoms with Crippen LogP contribution in [-0.2, 0) is 0 Å². The molecule has 1 aromatic carbocycles. The Labute approximate surface area is 119 Å². The maximum Gasteiger partial charge on any atom is 0.328 e. The van der Waals surface area contributed by atoms with E-state index in [4.69, 9.17) is 22.1 Å². The van der Waals surface area contributed by atoms with Gasteiger partial charge in [-0.05, 0) is 18.2 Å². The van der Waals surface area contributed by atoms with Gasteiger partial charge in [-0.15, -0.1) is 0 Å². The number of hydrogen-bond acceptors (Lipinski definition) is 6. The first-order valence-corrected chi connectivity index (χ1v) is 6.04. The Morgan fingerprint density at radius 3 is 2.70 bits per heavy atom.